The minimum Gasteiger partial charge on any atom is -0.508 e. The standard InChI is InChI=1S/C9H10O3.H2O/c1-6-3-2-4-8(10)7(6)5-9(11)12;/h2-4,10H,5H2,1H3,(H,11,12);1H2. The first-order valence-corrected chi connectivity index (χ1v) is 3.60. The van der Waals surface area contributed by atoms with Gasteiger partial charge in [-0.3, -0.25) is 4.79 Å². The van der Waals surface area contributed by atoms with Gasteiger partial charge in [0.25, 0.3) is 0 Å². The summed E-state index contributed by atoms with van der Waals surface area (Å²) in [5.74, 6) is -0.878. The Hall–Kier alpha value is -1.55. The molecule has 13 heavy (non-hydrogen) atoms. The Morgan fingerprint density at radius 1 is 1.46 bits per heavy atom. The summed E-state index contributed by atoms with van der Waals surface area (Å²) in [6.45, 7) is 1.78. The van der Waals surface area contributed by atoms with E-state index in [-0.39, 0.29) is 17.6 Å². The highest BCUT2D eigenvalue weighted by Crippen LogP contribution is 2.20. The molecule has 0 atom stereocenters. The van der Waals surface area contributed by atoms with Crippen LogP contribution < -0.4 is 0 Å². The van der Waals surface area contributed by atoms with Gasteiger partial charge < -0.3 is 15.7 Å². The first-order valence-electron chi connectivity index (χ1n) is 3.60. The lowest BCUT2D eigenvalue weighted by Crippen LogP contribution is -2.01. The monoisotopic (exact) mass is 184 g/mol. The predicted octanol–water partition coefficient (Wildman–Crippen LogP) is 0.503. The molecule has 1 rings (SSSR count). The second-order valence-corrected chi connectivity index (χ2v) is 2.64. The van der Waals surface area contributed by atoms with Crippen molar-refractivity contribution in [3.8, 4) is 5.75 Å². The maximum absolute atomic E-state index is 10.4. The third-order valence-corrected chi connectivity index (χ3v) is 1.71. The lowest BCUT2D eigenvalue weighted by molar-refractivity contribution is -0.136. The molecule has 4 N–H and O–H groups in total. The zero-order valence-corrected chi connectivity index (χ0v) is 7.24. The van der Waals surface area contributed by atoms with Gasteiger partial charge in [0.2, 0.25) is 0 Å². The maximum atomic E-state index is 10.4. The Kier molecular flexibility index (Phi) is 3.94. The molecule has 0 saturated carbocycles. The van der Waals surface area contributed by atoms with Crippen LogP contribution in [0.25, 0.3) is 0 Å². The fraction of sp³-hybridized carbons (Fsp3) is 0.222. The Morgan fingerprint density at radius 2 is 2.08 bits per heavy atom. The maximum Gasteiger partial charge on any atom is 0.307 e. The van der Waals surface area contributed by atoms with Gasteiger partial charge in [0, 0.05) is 5.56 Å². The second-order valence-electron chi connectivity index (χ2n) is 2.64. The van der Waals surface area contributed by atoms with Gasteiger partial charge in [0.15, 0.2) is 0 Å². The third-order valence-electron chi connectivity index (χ3n) is 1.71. The molecule has 0 heterocycles. The number of benzene rings is 1. The van der Waals surface area contributed by atoms with Crippen molar-refractivity contribution in [2.75, 3.05) is 0 Å². The molecule has 0 aliphatic carbocycles. The molecule has 0 amide bonds. The lowest BCUT2D eigenvalue weighted by Gasteiger charge is -2.04. The normalized spacial score (nSPS) is 9.00. The highest BCUT2D eigenvalue weighted by atomic mass is 16.4. The van der Waals surface area contributed by atoms with Gasteiger partial charge in [-0.1, -0.05) is 12.1 Å². The summed E-state index contributed by atoms with van der Waals surface area (Å²) in [7, 11) is 0. The summed E-state index contributed by atoms with van der Waals surface area (Å²) in [6, 6.07) is 4.96. The third kappa shape index (κ3) is 2.76. The number of aryl methyl sites for hydroxylation is 1. The molecule has 0 radical (unpaired) electrons. The molecule has 1 aromatic rings. The molecular formula is C9H12O4. The Balaban J connectivity index is 0.00000144. The van der Waals surface area contributed by atoms with Crippen molar-refractivity contribution in [3.05, 3.63) is 29.3 Å². The SMILES string of the molecule is Cc1cccc(O)c1CC(=O)O.O. The number of carboxylic acid groups (broad SMARTS) is 1. The van der Waals surface area contributed by atoms with Crippen LogP contribution in [0.1, 0.15) is 11.1 Å². The van der Waals surface area contributed by atoms with Gasteiger partial charge in [-0.25, -0.2) is 0 Å². The number of rotatable bonds is 2. The minimum atomic E-state index is -0.931. The number of aromatic hydroxyl groups is 1. The highest BCUT2D eigenvalue weighted by Gasteiger charge is 2.07. The molecule has 0 spiro atoms. The largest absolute Gasteiger partial charge is 0.508 e. The lowest BCUT2D eigenvalue weighted by atomic mass is 10.1. The fourth-order valence-electron chi connectivity index (χ4n) is 1.07. The van der Waals surface area contributed by atoms with Crippen LogP contribution in [0.4, 0.5) is 0 Å². The molecule has 0 aliphatic heterocycles. The fourth-order valence-corrected chi connectivity index (χ4v) is 1.07. The van der Waals surface area contributed by atoms with Crippen molar-refractivity contribution in [2.24, 2.45) is 0 Å². The van der Waals surface area contributed by atoms with Crippen LogP contribution in [0.5, 0.6) is 5.75 Å². The second kappa shape index (κ2) is 4.47. The summed E-state index contributed by atoms with van der Waals surface area (Å²) in [5.41, 5.74) is 1.29. The first-order chi connectivity index (χ1) is 5.61. The van der Waals surface area contributed by atoms with Crippen molar-refractivity contribution in [1.82, 2.24) is 0 Å². The highest BCUT2D eigenvalue weighted by molar-refractivity contribution is 5.72. The van der Waals surface area contributed by atoms with Gasteiger partial charge in [-0.15, -0.1) is 0 Å². The summed E-state index contributed by atoms with van der Waals surface area (Å²) in [5, 5.41) is 17.8. The Morgan fingerprint density at radius 3 is 2.54 bits per heavy atom. The number of carboxylic acids is 1. The van der Waals surface area contributed by atoms with Crippen molar-refractivity contribution in [1.29, 1.82) is 0 Å². The van der Waals surface area contributed by atoms with E-state index in [9.17, 15) is 9.90 Å². The van der Waals surface area contributed by atoms with Crippen LogP contribution >= 0.6 is 0 Å². The number of carbonyl (C=O) groups is 1. The molecule has 0 saturated heterocycles. The van der Waals surface area contributed by atoms with Crippen molar-refractivity contribution < 1.29 is 20.5 Å². The Labute approximate surface area is 75.8 Å². The van der Waals surface area contributed by atoms with E-state index in [0.717, 1.165) is 5.56 Å². The number of hydrogen-bond acceptors (Lipinski definition) is 2. The zero-order valence-electron chi connectivity index (χ0n) is 7.24. The first kappa shape index (κ1) is 11.4. The average Bonchev–Trinajstić information content (AvgIpc) is 1.97. The molecule has 0 fully saturated rings. The van der Waals surface area contributed by atoms with E-state index in [1.807, 2.05) is 0 Å². The molecule has 72 valence electrons. The molecule has 0 bridgehead atoms. The summed E-state index contributed by atoms with van der Waals surface area (Å²) in [6.07, 6.45) is -0.126. The molecule has 1 aromatic carbocycles. The molecule has 4 nitrogen and oxygen atoms in total. The van der Waals surface area contributed by atoms with Crippen LogP contribution in [0.15, 0.2) is 18.2 Å². The molecule has 0 aliphatic rings. The van der Waals surface area contributed by atoms with E-state index in [4.69, 9.17) is 5.11 Å². The van der Waals surface area contributed by atoms with E-state index < -0.39 is 5.97 Å². The van der Waals surface area contributed by atoms with E-state index >= 15 is 0 Å². The van der Waals surface area contributed by atoms with Crippen LogP contribution in [-0.4, -0.2) is 21.7 Å². The van der Waals surface area contributed by atoms with E-state index in [2.05, 4.69) is 0 Å². The topological polar surface area (TPSA) is 89.0 Å². The van der Waals surface area contributed by atoms with E-state index in [1.165, 1.54) is 6.07 Å². The van der Waals surface area contributed by atoms with E-state index in [1.54, 1.807) is 19.1 Å². The number of aliphatic carboxylic acids is 1. The molecule has 0 unspecified atom stereocenters. The minimum absolute atomic E-state index is 0. The number of hydrogen-bond donors (Lipinski definition) is 2. The Bertz CT molecular complexity index is 286. The van der Waals surface area contributed by atoms with Crippen molar-refractivity contribution in [3.63, 3.8) is 0 Å². The van der Waals surface area contributed by atoms with Crippen molar-refractivity contribution in [2.45, 2.75) is 13.3 Å². The van der Waals surface area contributed by atoms with Gasteiger partial charge in [-0.2, -0.15) is 0 Å². The van der Waals surface area contributed by atoms with Gasteiger partial charge in [0.05, 0.1) is 6.42 Å². The number of phenols is 1. The average molecular weight is 184 g/mol. The molecule has 0 aromatic heterocycles. The zero-order chi connectivity index (χ0) is 9.14. The van der Waals surface area contributed by atoms with Crippen LogP contribution in [0.3, 0.4) is 0 Å². The van der Waals surface area contributed by atoms with Crippen LogP contribution in [0.2, 0.25) is 0 Å². The quantitative estimate of drug-likeness (QED) is 0.701. The van der Waals surface area contributed by atoms with Gasteiger partial charge in [-0.05, 0) is 18.6 Å². The van der Waals surface area contributed by atoms with Crippen molar-refractivity contribution >= 4 is 5.97 Å². The van der Waals surface area contributed by atoms with Gasteiger partial charge in [0.1, 0.15) is 5.75 Å². The van der Waals surface area contributed by atoms with Crippen LogP contribution in [0, 0.1) is 6.92 Å². The predicted molar refractivity (Wildman–Crippen MR) is 47.8 cm³/mol. The number of phenolic OH excluding ortho intramolecular Hbond substituents is 1. The van der Waals surface area contributed by atoms with Gasteiger partial charge >= 0.3 is 5.97 Å². The van der Waals surface area contributed by atoms with Crippen LogP contribution in [-0.2, 0) is 11.2 Å². The summed E-state index contributed by atoms with van der Waals surface area (Å²) in [4.78, 5) is 10.4. The summed E-state index contributed by atoms with van der Waals surface area (Å²) >= 11 is 0. The smallest absolute Gasteiger partial charge is 0.307 e. The summed E-state index contributed by atoms with van der Waals surface area (Å²) < 4.78 is 0. The molecular weight excluding hydrogens is 172 g/mol. The molecule has 4 heteroatoms. The van der Waals surface area contributed by atoms with E-state index in [0.29, 0.717) is 5.56 Å².